The highest BCUT2D eigenvalue weighted by molar-refractivity contribution is 5.79. The summed E-state index contributed by atoms with van der Waals surface area (Å²) in [6.45, 7) is 8.38. The number of halogens is 1. The van der Waals surface area contributed by atoms with Gasteiger partial charge in [-0.1, -0.05) is 0 Å². The largest absolute Gasteiger partial charge is 0.490 e. The minimum Gasteiger partial charge on any atom is -0.490 e. The van der Waals surface area contributed by atoms with Crippen molar-refractivity contribution in [2.24, 2.45) is 11.3 Å². The van der Waals surface area contributed by atoms with Crippen LogP contribution >= 0.6 is 0 Å². The number of likely N-dealkylation sites (tertiary alicyclic amines) is 1. The molecule has 7 rings (SSSR count). The van der Waals surface area contributed by atoms with Crippen LogP contribution in [0.2, 0.25) is 0 Å². The van der Waals surface area contributed by atoms with Crippen LogP contribution in [0.3, 0.4) is 0 Å². The molecule has 3 aliphatic heterocycles. The van der Waals surface area contributed by atoms with Gasteiger partial charge in [0.25, 0.3) is 0 Å². The standard InChI is InChI=1S/C31H35FN6O3/c1-20(22-13-36(2)14-22)37-8-6-26-25(15-37)28(5-7-34-26)40-24-10-31(11-24)17-38(18-31)30-29(12-33-19-35-30)41-27-4-3-23(32)9-21(27)16-39/h3-5,7,9,12,16,19-20,22,24H,6,8,10-11,13-15,17-18H2,1-2H3. The van der Waals surface area contributed by atoms with Gasteiger partial charge in [0.1, 0.15) is 29.7 Å². The van der Waals surface area contributed by atoms with E-state index >= 15 is 0 Å². The topological polar surface area (TPSA) is 83.9 Å². The summed E-state index contributed by atoms with van der Waals surface area (Å²) in [5, 5.41) is 0. The van der Waals surface area contributed by atoms with Crippen molar-refractivity contribution < 1.29 is 18.7 Å². The van der Waals surface area contributed by atoms with Gasteiger partial charge in [0, 0.05) is 74.6 Å². The molecule has 2 aromatic heterocycles. The molecular formula is C31H35FN6O3. The Balaban J connectivity index is 0.973. The molecule has 1 saturated carbocycles. The Labute approximate surface area is 239 Å². The summed E-state index contributed by atoms with van der Waals surface area (Å²) in [4.78, 5) is 31.8. The lowest BCUT2D eigenvalue weighted by molar-refractivity contribution is -0.0356. The normalized spacial score (nSPS) is 21.4. The minimum absolute atomic E-state index is 0.144. The van der Waals surface area contributed by atoms with Crippen LogP contribution in [0.25, 0.3) is 0 Å². The van der Waals surface area contributed by atoms with Gasteiger partial charge in [-0.25, -0.2) is 14.4 Å². The second-order valence-corrected chi connectivity index (χ2v) is 12.3. The quantitative estimate of drug-likeness (QED) is 0.382. The molecule has 41 heavy (non-hydrogen) atoms. The minimum atomic E-state index is -0.490. The molecule has 0 N–H and O–H groups in total. The number of hydrogen-bond donors (Lipinski definition) is 0. The molecule has 2 saturated heterocycles. The van der Waals surface area contributed by atoms with Crippen molar-refractivity contribution in [1.82, 2.24) is 24.8 Å². The second kappa shape index (κ2) is 10.3. The third-order valence-electron chi connectivity index (χ3n) is 9.39. The Morgan fingerprint density at radius 2 is 1.95 bits per heavy atom. The van der Waals surface area contributed by atoms with E-state index in [0.29, 0.717) is 23.9 Å². The number of benzene rings is 1. The number of pyridine rings is 1. The zero-order chi connectivity index (χ0) is 28.1. The van der Waals surface area contributed by atoms with E-state index < -0.39 is 5.82 Å². The van der Waals surface area contributed by atoms with Gasteiger partial charge in [0.05, 0.1) is 11.8 Å². The van der Waals surface area contributed by atoms with Gasteiger partial charge in [-0.2, -0.15) is 0 Å². The van der Waals surface area contributed by atoms with E-state index in [9.17, 15) is 9.18 Å². The van der Waals surface area contributed by atoms with Crippen molar-refractivity contribution in [1.29, 1.82) is 0 Å². The maximum Gasteiger partial charge on any atom is 0.188 e. The van der Waals surface area contributed by atoms with E-state index in [1.165, 1.54) is 42.8 Å². The van der Waals surface area contributed by atoms with Crippen LogP contribution in [0.4, 0.5) is 10.2 Å². The Morgan fingerprint density at radius 3 is 2.73 bits per heavy atom. The molecule has 9 nitrogen and oxygen atoms in total. The number of fused-ring (bicyclic) bond motifs is 1. The third-order valence-corrected chi connectivity index (χ3v) is 9.39. The van der Waals surface area contributed by atoms with E-state index in [-0.39, 0.29) is 22.8 Å². The molecule has 0 bridgehead atoms. The van der Waals surface area contributed by atoms with Crippen molar-refractivity contribution in [2.45, 2.75) is 44.9 Å². The molecule has 4 aliphatic rings. The number of nitrogens with zero attached hydrogens (tertiary/aromatic N) is 6. The van der Waals surface area contributed by atoms with Crippen LogP contribution in [0.5, 0.6) is 17.2 Å². The molecular weight excluding hydrogens is 523 g/mol. The number of aromatic nitrogens is 3. The summed E-state index contributed by atoms with van der Waals surface area (Å²) >= 11 is 0. The molecule has 3 fully saturated rings. The van der Waals surface area contributed by atoms with E-state index in [0.717, 1.165) is 63.2 Å². The first kappa shape index (κ1) is 26.3. The molecule has 1 atom stereocenters. The smallest absolute Gasteiger partial charge is 0.188 e. The summed E-state index contributed by atoms with van der Waals surface area (Å²) < 4.78 is 26.1. The first-order valence-corrected chi connectivity index (χ1v) is 14.4. The first-order valence-electron chi connectivity index (χ1n) is 14.4. The highest BCUT2D eigenvalue weighted by atomic mass is 19.1. The van der Waals surface area contributed by atoms with Gasteiger partial charge >= 0.3 is 0 Å². The summed E-state index contributed by atoms with van der Waals surface area (Å²) in [7, 11) is 2.19. The van der Waals surface area contributed by atoms with Gasteiger partial charge in [-0.05, 0) is 57.0 Å². The average Bonchev–Trinajstić information content (AvgIpc) is 2.92. The summed E-state index contributed by atoms with van der Waals surface area (Å²) in [5.74, 6) is 2.63. The number of ether oxygens (including phenoxy) is 2. The number of aldehydes is 1. The van der Waals surface area contributed by atoms with Crippen molar-refractivity contribution in [3.63, 3.8) is 0 Å². The predicted molar refractivity (Wildman–Crippen MR) is 151 cm³/mol. The lowest BCUT2D eigenvalue weighted by Crippen LogP contribution is -2.65. The number of carbonyl (C=O) groups excluding carboxylic acids is 1. The first-order chi connectivity index (χ1) is 19.9. The zero-order valence-electron chi connectivity index (χ0n) is 23.5. The van der Waals surface area contributed by atoms with Crippen LogP contribution in [0.1, 0.15) is 41.4 Å². The summed E-state index contributed by atoms with van der Waals surface area (Å²) in [6.07, 6.45) is 8.68. The Bertz CT molecular complexity index is 1450. The lowest BCUT2D eigenvalue weighted by atomic mass is 9.61. The maximum atomic E-state index is 13.6. The predicted octanol–water partition coefficient (Wildman–Crippen LogP) is 3.97. The number of hydrogen-bond acceptors (Lipinski definition) is 9. The average molecular weight is 559 g/mol. The van der Waals surface area contributed by atoms with Gasteiger partial charge < -0.3 is 19.3 Å². The van der Waals surface area contributed by atoms with Gasteiger partial charge in [-0.15, -0.1) is 0 Å². The fraction of sp³-hybridized carbons (Fsp3) is 0.484. The number of rotatable bonds is 8. The van der Waals surface area contributed by atoms with E-state index in [4.69, 9.17) is 9.47 Å². The maximum absolute atomic E-state index is 13.6. The Morgan fingerprint density at radius 1 is 1.12 bits per heavy atom. The summed E-state index contributed by atoms with van der Waals surface area (Å²) in [6, 6.07) is 6.47. The van der Waals surface area contributed by atoms with Crippen molar-refractivity contribution in [3.8, 4) is 17.2 Å². The van der Waals surface area contributed by atoms with E-state index in [1.807, 2.05) is 12.3 Å². The molecule has 1 aromatic carbocycles. The van der Waals surface area contributed by atoms with Crippen LogP contribution in [-0.4, -0.2) is 83.0 Å². The SMILES string of the molecule is CC(C1CN(C)C1)N1CCc2nccc(OC3CC4(C3)CN(c3ncncc3Oc3ccc(F)cc3C=O)C4)c2C1. The molecule has 5 heterocycles. The van der Waals surface area contributed by atoms with Gasteiger partial charge in [-0.3, -0.25) is 14.7 Å². The van der Waals surface area contributed by atoms with Crippen molar-refractivity contribution in [3.05, 3.63) is 65.6 Å². The molecule has 0 amide bonds. The molecule has 1 spiro atoms. The zero-order valence-corrected chi connectivity index (χ0v) is 23.5. The van der Waals surface area contributed by atoms with Crippen molar-refractivity contribution >= 4 is 12.1 Å². The number of carbonyl (C=O) groups is 1. The Kier molecular flexibility index (Phi) is 6.62. The molecule has 1 unspecified atom stereocenters. The highest BCUT2D eigenvalue weighted by Gasteiger charge is 2.54. The van der Waals surface area contributed by atoms with Crippen LogP contribution in [0.15, 0.2) is 43.0 Å². The molecule has 10 heteroatoms. The van der Waals surface area contributed by atoms with E-state index in [2.05, 4.69) is 43.6 Å². The molecule has 0 radical (unpaired) electrons. The van der Waals surface area contributed by atoms with Gasteiger partial charge in [0.2, 0.25) is 0 Å². The Hall–Kier alpha value is -3.63. The summed E-state index contributed by atoms with van der Waals surface area (Å²) in [5.41, 5.74) is 2.77. The monoisotopic (exact) mass is 558 g/mol. The van der Waals surface area contributed by atoms with Crippen LogP contribution in [-0.2, 0) is 13.0 Å². The lowest BCUT2D eigenvalue weighted by Gasteiger charge is -2.59. The fourth-order valence-electron chi connectivity index (χ4n) is 7.02. The third kappa shape index (κ3) is 4.93. The van der Waals surface area contributed by atoms with Crippen LogP contribution < -0.4 is 14.4 Å². The second-order valence-electron chi connectivity index (χ2n) is 12.3. The number of anilines is 1. The fourth-order valence-corrected chi connectivity index (χ4v) is 7.02. The molecule has 1 aliphatic carbocycles. The highest BCUT2D eigenvalue weighted by Crippen LogP contribution is 2.52. The van der Waals surface area contributed by atoms with E-state index in [1.54, 1.807) is 6.20 Å². The van der Waals surface area contributed by atoms with Gasteiger partial charge in [0.15, 0.2) is 17.9 Å². The molecule has 3 aromatic rings. The van der Waals surface area contributed by atoms with Crippen LogP contribution in [0, 0.1) is 17.2 Å². The molecule has 214 valence electrons. The van der Waals surface area contributed by atoms with Crippen molar-refractivity contribution in [2.75, 3.05) is 44.7 Å².